The van der Waals surface area contributed by atoms with Gasteiger partial charge in [-0.25, -0.2) is 0 Å². The number of furan rings is 1. The quantitative estimate of drug-likeness (QED) is 0.563. The van der Waals surface area contributed by atoms with Gasteiger partial charge in [-0.15, -0.1) is 0 Å². The summed E-state index contributed by atoms with van der Waals surface area (Å²) in [5.74, 6) is 1.36. The van der Waals surface area contributed by atoms with E-state index in [-0.39, 0.29) is 29.8 Å². The number of hydrogen-bond acceptors (Lipinski definition) is 5. The van der Waals surface area contributed by atoms with Crippen molar-refractivity contribution in [3.8, 4) is 5.75 Å². The van der Waals surface area contributed by atoms with Gasteiger partial charge in [-0.3, -0.25) is 14.5 Å². The average Bonchev–Trinajstić information content (AvgIpc) is 3.58. The molecule has 1 aromatic heterocycles. The van der Waals surface area contributed by atoms with Gasteiger partial charge in [0.2, 0.25) is 11.8 Å². The smallest absolute Gasteiger partial charge is 0.225 e. The number of nitrogens with zero attached hydrogens (tertiary/aromatic N) is 2. The second kappa shape index (κ2) is 11.6. The van der Waals surface area contributed by atoms with Crippen LogP contribution in [-0.2, 0) is 9.59 Å². The van der Waals surface area contributed by atoms with Crippen molar-refractivity contribution in [1.29, 1.82) is 0 Å². The molecule has 7 heteroatoms. The molecule has 0 spiro atoms. The molecule has 3 atom stereocenters. The maximum absolute atomic E-state index is 13.7. The van der Waals surface area contributed by atoms with Crippen molar-refractivity contribution in [2.24, 2.45) is 5.92 Å². The van der Waals surface area contributed by atoms with E-state index in [4.69, 9.17) is 9.15 Å². The van der Waals surface area contributed by atoms with E-state index in [2.05, 4.69) is 17.1 Å². The second-order valence-corrected chi connectivity index (χ2v) is 9.29. The summed E-state index contributed by atoms with van der Waals surface area (Å²) in [6.45, 7) is 5.26. The van der Waals surface area contributed by atoms with Gasteiger partial charge >= 0.3 is 0 Å². The Morgan fingerprint density at radius 2 is 2.00 bits per heavy atom. The van der Waals surface area contributed by atoms with E-state index in [0.717, 1.165) is 50.1 Å². The van der Waals surface area contributed by atoms with Crippen LogP contribution in [0.5, 0.6) is 5.75 Å². The van der Waals surface area contributed by atoms with Gasteiger partial charge in [0.05, 0.1) is 31.4 Å². The molecule has 2 saturated heterocycles. The molecule has 2 aliphatic heterocycles. The summed E-state index contributed by atoms with van der Waals surface area (Å²) >= 11 is 0. The van der Waals surface area contributed by atoms with Crippen molar-refractivity contribution in [2.75, 3.05) is 33.3 Å². The first-order valence-electron chi connectivity index (χ1n) is 12.6. The molecular formula is C27H37N3O4. The number of amides is 2. The third-order valence-electron chi connectivity index (χ3n) is 7.18. The van der Waals surface area contributed by atoms with Crippen LogP contribution >= 0.6 is 0 Å². The van der Waals surface area contributed by atoms with Crippen molar-refractivity contribution in [3.63, 3.8) is 0 Å². The summed E-state index contributed by atoms with van der Waals surface area (Å²) in [5.41, 5.74) is 0.899. The molecule has 3 unspecified atom stereocenters. The van der Waals surface area contributed by atoms with E-state index < -0.39 is 0 Å². The summed E-state index contributed by atoms with van der Waals surface area (Å²) in [4.78, 5) is 30.9. The van der Waals surface area contributed by atoms with E-state index in [9.17, 15) is 9.59 Å². The zero-order valence-electron chi connectivity index (χ0n) is 20.4. The molecule has 1 N–H and O–H groups in total. The monoisotopic (exact) mass is 467 g/mol. The fourth-order valence-corrected chi connectivity index (χ4v) is 5.39. The maximum Gasteiger partial charge on any atom is 0.225 e. The standard InChI is InChI=1S/C27H37N3O4/c1-3-4-17-30-25(31)14-13-21(26(30)20-10-5-6-11-23(20)33-2)27(32)28-19-22(24-12-9-18-34-24)29-15-7-8-16-29/h5-6,9-12,18,21-22,26H,3-4,7-8,13-17,19H2,1-2H3,(H,28,32). The number of likely N-dealkylation sites (tertiary alicyclic amines) is 2. The Hall–Kier alpha value is -2.80. The summed E-state index contributed by atoms with van der Waals surface area (Å²) in [5, 5.41) is 3.23. The topological polar surface area (TPSA) is 75.0 Å². The van der Waals surface area contributed by atoms with Crippen molar-refractivity contribution in [2.45, 2.75) is 57.5 Å². The molecule has 3 heterocycles. The number of hydrogen-bond donors (Lipinski definition) is 1. The van der Waals surface area contributed by atoms with Crippen LogP contribution in [0.2, 0.25) is 0 Å². The van der Waals surface area contributed by atoms with Gasteiger partial charge in [-0.2, -0.15) is 0 Å². The van der Waals surface area contributed by atoms with Crippen molar-refractivity contribution in [3.05, 3.63) is 54.0 Å². The molecule has 0 saturated carbocycles. The molecule has 2 aliphatic rings. The number of para-hydroxylation sites is 1. The molecule has 4 rings (SSSR count). The van der Waals surface area contributed by atoms with Crippen molar-refractivity contribution >= 4 is 11.8 Å². The molecule has 34 heavy (non-hydrogen) atoms. The number of methoxy groups -OCH3 is 1. The third-order valence-corrected chi connectivity index (χ3v) is 7.18. The fourth-order valence-electron chi connectivity index (χ4n) is 5.39. The molecule has 0 aliphatic carbocycles. The zero-order valence-corrected chi connectivity index (χ0v) is 20.4. The van der Waals surface area contributed by atoms with Gasteiger partial charge in [-0.05, 0) is 57.0 Å². The molecule has 0 bridgehead atoms. The van der Waals surface area contributed by atoms with E-state index in [1.54, 1.807) is 13.4 Å². The normalized spacial score (nSPS) is 22.1. The van der Waals surface area contributed by atoms with Gasteiger partial charge in [0.25, 0.3) is 0 Å². The van der Waals surface area contributed by atoms with E-state index in [0.29, 0.717) is 31.7 Å². The Morgan fingerprint density at radius 1 is 1.21 bits per heavy atom. The van der Waals surface area contributed by atoms with Crippen LogP contribution in [0.1, 0.15) is 68.9 Å². The lowest BCUT2D eigenvalue weighted by Crippen LogP contribution is -2.49. The predicted molar refractivity (Wildman–Crippen MR) is 130 cm³/mol. The molecule has 2 aromatic rings. The van der Waals surface area contributed by atoms with Crippen molar-refractivity contribution in [1.82, 2.24) is 15.1 Å². The number of piperidine rings is 1. The molecule has 1 aromatic carbocycles. The molecule has 2 fully saturated rings. The van der Waals surface area contributed by atoms with Gasteiger partial charge in [0, 0.05) is 25.1 Å². The highest BCUT2D eigenvalue weighted by molar-refractivity contribution is 5.85. The highest BCUT2D eigenvalue weighted by Crippen LogP contribution is 2.41. The summed E-state index contributed by atoms with van der Waals surface area (Å²) < 4.78 is 11.4. The Kier molecular flexibility index (Phi) is 8.27. The first-order chi connectivity index (χ1) is 16.6. The molecule has 0 radical (unpaired) electrons. The zero-order chi connectivity index (χ0) is 23.9. The summed E-state index contributed by atoms with van der Waals surface area (Å²) in [6, 6.07) is 11.3. The fraction of sp³-hybridized carbons (Fsp3) is 0.556. The van der Waals surface area contributed by atoms with E-state index in [1.165, 1.54) is 0 Å². The highest BCUT2D eigenvalue weighted by Gasteiger charge is 2.41. The Balaban J connectivity index is 1.57. The summed E-state index contributed by atoms with van der Waals surface area (Å²) in [7, 11) is 1.64. The van der Waals surface area contributed by atoms with Crippen LogP contribution in [0.25, 0.3) is 0 Å². The number of ether oxygens (including phenoxy) is 1. The molecule has 7 nitrogen and oxygen atoms in total. The first kappa shape index (κ1) is 24.3. The minimum absolute atomic E-state index is 0.0133. The van der Waals surface area contributed by atoms with Gasteiger partial charge < -0.3 is 19.4 Å². The molecule has 184 valence electrons. The summed E-state index contributed by atoms with van der Waals surface area (Å²) in [6.07, 6.45) is 6.83. The highest BCUT2D eigenvalue weighted by atomic mass is 16.5. The van der Waals surface area contributed by atoms with Crippen LogP contribution in [0.3, 0.4) is 0 Å². The van der Waals surface area contributed by atoms with Crippen LogP contribution < -0.4 is 10.1 Å². The van der Waals surface area contributed by atoms with Crippen LogP contribution in [0, 0.1) is 5.92 Å². The SMILES string of the molecule is CCCCN1C(=O)CCC(C(=O)NCC(c2ccco2)N2CCCC2)C1c1ccccc1OC. The second-order valence-electron chi connectivity index (χ2n) is 9.29. The molecular weight excluding hydrogens is 430 g/mol. The van der Waals surface area contributed by atoms with Gasteiger partial charge in [0.1, 0.15) is 11.5 Å². The lowest BCUT2D eigenvalue weighted by Gasteiger charge is -2.41. The average molecular weight is 468 g/mol. The number of carbonyl (C=O) groups is 2. The number of rotatable bonds is 10. The number of nitrogens with one attached hydrogen (secondary N) is 1. The number of carbonyl (C=O) groups excluding carboxylic acids is 2. The van der Waals surface area contributed by atoms with E-state index in [1.807, 2.05) is 41.3 Å². The minimum Gasteiger partial charge on any atom is -0.496 e. The van der Waals surface area contributed by atoms with Gasteiger partial charge in [-0.1, -0.05) is 31.5 Å². The Morgan fingerprint density at radius 3 is 2.71 bits per heavy atom. The lowest BCUT2D eigenvalue weighted by atomic mass is 9.83. The Labute approximate surface area is 202 Å². The van der Waals surface area contributed by atoms with Crippen LogP contribution in [0.4, 0.5) is 0 Å². The number of benzene rings is 1. The first-order valence-corrected chi connectivity index (χ1v) is 12.6. The van der Waals surface area contributed by atoms with E-state index >= 15 is 0 Å². The maximum atomic E-state index is 13.7. The predicted octanol–water partition coefficient (Wildman–Crippen LogP) is 4.32. The van der Waals surface area contributed by atoms with Crippen LogP contribution in [-0.4, -0.2) is 54.9 Å². The minimum atomic E-state index is -0.335. The van der Waals surface area contributed by atoms with Gasteiger partial charge in [0.15, 0.2) is 0 Å². The Bertz CT molecular complexity index is 939. The van der Waals surface area contributed by atoms with Crippen LogP contribution in [0.15, 0.2) is 47.1 Å². The van der Waals surface area contributed by atoms with Crippen molar-refractivity contribution < 1.29 is 18.7 Å². The third kappa shape index (κ3) is 5.30. The molecule has 2 amide bonds. The lowest BCUT2D eigenvalue weighted by molar-refractivity contribution is -0.143. The number of unbranched alkanes of at least 4 members (excludes halogenated alkanes) is 1. The largest absolute Gasteiger partial charge is 0.496 e.